The number of halogens is 2. The molecule has 1 aliphatic carbocycles. The van der Waals surface area contributed by atoms with E-state index in [0.29, 0.717) is 34.8 Å². The van der Waals surface area contributed by atoms with E-state index in [2.05, 4.69) is 0 Å². The summed E-state index contributed by atoms with van der Waals surface area (Å²) in [5.41, 5.74) is 0.555. The third kappa shape index (κ3) is 2.38. The Hall–Kier alpha value is -1.61. The highest BCUT2D eigenvalue weighted by Gasteiger charge is 2.33. The molecular formula is C16H15ClFNO. The molecule has 20 heavy (non-hydrogen) atoms. The van der Waals surface area contributed by atoms with E-state index < -0.39 is 0 Å². The van der Waals surface area contributed by atoms with Crippen molar-refractivity contribution in [2.75, 3.05) is 12.4 Å². The summed E-state index contributed by atoms with van der Waals surface area (Å²) in [6.45, 7) is 0.538. The first kappa shape index (κ1) is 13.4. The molecule has 1 fully saturated rings. The number of fused-ring (bicyclic) bond motifs is 1. The molecule has 104 valence electrons. The van der Waals surface area contributed by atoms with Crippen LogP contribution in [-0.2, 0) is 0 Å². The summed E-state index contributed by atoms with van der Waals surface area (Å²) in [5, 5.41) is 1.15. The molecule has 1 aliphatic rings. The minimum atomic E-state index is -0.299. The first-order chi connectivity index (χ1) is 9.72. The van der Waals surface area contributed by atoms with Gasteiger partial charge < -0.3 is 4.90 Å². The molecule has 0 heterocycles. The van der Waals surface area contributed by atoms with E-state index in [4.69, 9.17) is 11.6 Å². The second-order valence-electron chi connectivity index (χ2n) is 5.06. The molecule has 0 N–H and O–H groups in total. The quantitative estimate of drug-likeness (QED) is 0.784. The number of alkyl halides is 1. The Labute approximate surface area is 122 Å². The number of rotatable bonds is 4. The van der Waals surface area contributed by atoms with E-state index in [-0.39, 0.29) is 11.7 Å². The lowest BCUT2D eigenvalue weighted by molar-refractivity contribution is 0.0755. The van der Waals surface area contributed by atoms with Gasteiger partial charge >= 0.3 is 0 Å². The SMILES string of the molecule is O=C(c1ccc(F)c2ccccc12)N(CCCl)C1CC1. The molecular weight excluding hydrogens is 277 g/mol. The van der Waals surface area contributed by atoms with E-state index in [1.54, 1.807) is 24.3 Å². The van der Waals surface area contributed by atoms with Crippen LogP contribution < -0.4 is 0 Å². The standard InChI is InChI=1S/C16H15ClFNO/c17-9-10-19(11-5-6-11)16(20)14-7-8-15(18)13-4-2-1-3-12(13)14/h1-4,7-8,11H,5-6,9-10H2. The molecule has 0 aromatic heterocycles. The Bertz CT molecular complexity index is 654. The molecule has 0 radical (unpaired) electrons. The van der Waals surface area contributed by atoms with Crippen LogP contribution in [0.2, 0.25) is 0 Å². The van der Waals surface area contributed by atoms with Gasteiger partial charge in [-0.05, 0) is 30.4 Å². The largest absolute Gasteiger partial charge is 0.334 e. The van der Waals surface area contributed by atoms with Crippen LogP contribution in [0, 0.1) is 5.82 Å². The van der Waals surface area contributed by atoms with Crippen molar-refractivity contribution in [3.05, 3.63) is 47.8 Å². The van der Waals surface area contributed by atoms with Gasteiger partial charge in [-0.2, -0.15) is 0 Å². The maximum Gasteiger partial charge on any atom is 0.254 e. The molecule has 4 heteroatoms. The Kier molecular flexibility index (Phi) is 3.62. The summed E-state index contributed by atoms with van der Waals surface area (Å²) in [5.74, 6) is 0.0679. The van der Waals surface area contributed by atoms with Gasteiger partial charge in [0.2, 0.25) is 0 Å². The number of carbonyl (C=O) groups excluding carboxylic acids is 1. The molecule has 3 rings (SSSR count). The molecule has 2 aromatic rings. The first-order valence-electron chi connectivity index (χ1n) is 6.76. The van der Waals surface area contributed by atoms with Crippen LogP contribution >= 0.6 is 11.6 Å². The van der Waals surface area contributed by atoms with Crippen molar-refractivity contribution in [1.29, 1.82) is 0 Å². The van der Waals surface area contributed by atoms with Gasteiger partial charge in [0, 0.05) is 29.4 Å². The Morgan fingerprint density at radius 1 is 1.20 bits per heavy atom. The second kappa shape index (κ2) is 5.41. The van der Waals surface area contributed by atoms with E-state index in [9.17, 15) is 9.18 Å². The zero-order valence-electron chi connectivity index (χ0n) is 11.0. The minimum absolute atomic E-state index is 0.0515. The summed E-state index contributed by atoms with van der Waals surface area (Å²) in [6.07, 6.45) is 2.06. The van der Waals surface area contributed by atoms with Crippen LogP contribution in [0.1, 0.15) is 23.2 Å². The molecule has 0 unspecified atom stereocenters. The van der Waals surface area contributed by atoms with Crippen molar-refractivity contribution in [3.8, 4) is 0 Å². The minimum Gasteiger partial charge on any atom is -0.334 e. The highest BCUT2D eigenvalue weighted by molar-refractivity contribution is 6.18. The maximum atomic E-state index is 13.8. The van der Waals surface area contributed by atoms with Crippen LogP contribution in [0.3, 0.4) is 0 Å². The van der Waals surface area contributed by atoms with E-state index in [1.807, 2.05) is 11.0 Å². The number of amides is 1. The molecule has 0 aliphatic heterocycles. The van der Waals surface area contributed by atoms with E-state index >= 15 is 0 Å². The molecule has 0 spiro atoms. The summed E-state index contributed by atoms with van der Waals surface area (Å²) in [7, 11) is 0. The fourth-order valence-corrected chi connectivity index (χ4v) is 2.71. The fourth-order valence-electron chi connectivity index (χ4n) is 2.53. The van der Waals surface area contributed by atoms with Gasteiger partial charge in [-0.25, -0.2) is 4.39 Å². The monoisotopic (exact) mass is 291 g/mol. The van der Waals surface area contributed by atoms with Crippen molar-refractivity contribution in [3.63, 3.8) is 0 Å². The van der Waals surface area contributed by atoms with Crippen LogP contribution in [0.15, 0.2) is 36.4 Å². The number of hydrogen-bond acceptors (Lipinski definition) is 1. The van der Waals surface area contributed by atoms with E-state index in [0.717, 1.165) is 12.8 Å². The number of benzene rings is 2. The number of nitrogens with zero attached hydrogens (tertiary/aromatic N) is 1. The van der Waals surface area contributed by atoms with Gasteiger partial charge in [0.25, 0.3) is 5.91 Å². The molecule has 2 aromatic carbocycles. The van der Waals surface area contributed by atoms with Crippen LogP contribution in [0.25, 0.3) is 10.8 Å². The first-order valence-corrected chi connectivity index (χ1v) is 7.30. The van der Waals surface area contributed by atoms with E-state index in [1.165, 1.54) is 6.07 Å². The molecule has 2 nitrogen and oxygen atoms in total. The third-order valence-electron chi connectivity index (χ3n) is 3.68. The zero-order valence-corrected chi connectivity index (χ0v) is 11.7. The van der Waals surface area contributed by atoms with Crippen LogP contribution in [-0.4, -0.2) is 29.3 Å². The van der Waals surface area contributed by atoms with Gasteiger partial charge in [-0.3, -0.25) is 4.79 Å². The summed E-state index contributed by atoms with van der Waals surface area (Å²) in [6, 6.07) is 10.3. The van der Waals surface area contributed by atoms with Crippen molar-refractivity contribution < 1.29 is 9.18 Å². The summed E-state index contributed by atoms with van der Waals surface area (Å²) >= 11 is 5.79. The Balaban J connectivity index is 2.05. The highest BCUT2D eigenvalue weighted by atomic mass is 35.5. The van der Waals surface area contributed by atoms with Gasteiger partial charge in [0.05, 0.1) is 0 Å². The predicted octanol–water partition coefficient (Wildman–Crippen LogP) is 3.82. The fraction of sp³-hybridized carbons (Fsp3) is 0.312. The van der Waals surface area contributed by atoms with Gasteiger partial charge in [0.15, 0.2) is 0 Å². The molecule has 0 atom stereocenters. The maximum absolute atomic E-state index is 13.8. The van der Waals surface area contributed by atoms with Crippen LogP contribution in [0.5, 0.6) is 0 Å². The lowest BCUT2D eigenvalue weighted by Crippen LogP contribution is -2.34. The van der Waals surface area contributed by atoms with Crippen molar-refractivity contribution >= 4 is 28.3 Å². The summed E-state index contributed by atoms with van der Waals surface area (Å²) in [4.78, 5) is 14.5. The predicted molar refractivity (Wildman–Crippen MR) is 78.7 cm³/mol. The molecule has 0 bridgehead atoms. The lowest BCUT2D eigenvalue weighted by atomic mass is 10.0. The molecule has 0 saturated heterocycles. The third-order valence-corrected chi connectivity index (χ3v) is 3.84. The molecule has 1 saturated carbocycles. The second-order valence-corrected chi connectivity index (χ2v) is 5.44. The number of hydrogen-bond donors (Lipinski definition) is 0. The van der Waals surface area contributed by atoms with Crippen molar-refractivity contribution in [2.45, 2.75) is 18.9 Å². The van der Waals surface area contributed by atoms with Gasteiger partial charge in [-0.15, -0.1) is 11.6 Å². The summed E-state index contributed by atoms with van der Waals surface area (Å²) < 4.78 is 13.8. The van der Waals surface area contributed by atoms with Crippen LogP contribution in [0.4, 0.5) is 4.39 Å². The molecule has 1 amide bonds. The normalized spacial score (nSPS) is 14.5. The topological polar surface area (TPSA) is 20.3 Å². The average Bonchev–Trinajstić information content (AvgIpc) is 3.29. The Morgan fingerprint density at radius 3 is 2.55 bits per heavy atom. The average molecular weight is 292 g/mol. The van der Waals surface area contributed by atoms with Gasteiger partial charge in [-0.1, -0.05) is 24.3 Å². The highest BCUT2D eigenvalue weighted by Crippen LogP contribution is 2.30. The lowest BCUT2D eigenvalue weighted by Gasteiger charge is -2.22. The van der Waals surface area contributed by atoms with Crippen molar-refractivity contribution in [1.82, 2.24) is 4.90 Å². The van der Waals surface area contributed by atoms with Crippen molar-refractivity contribution in [2.24, 2.45) is 0 Å². The van der Waals surface area contributed by atoms with Gasteiger partial charge in [0.1, 0.15) is 5.82 Å². The number of carbonyl (C=O) groups is 1. The smallest absolute Gasteiger partial charge is 0.254 e. The Morgan fingerprint density at radius 2 is 1.90 bits per heavy atom. The zero-order chi connectivity index (χ0) is 14.1.